The Morgan fingerprint density at radius 1 is 1.45 bits per heavy atom. The molecule has 2 aromatic rings. The van der Waals surface area contributed by atoms with Crippen LogP contribution in [0.1, 0.15) is 4.88 Å². The molecule has 2 aromatic heterocycles. The molecule has 2 rings (SSSR count). The van der Waals surface area contributed by atoms with E-state index >= 15 is 0 Å². The molecule has 0 spiro atoms. The van der Waals surface area contributed by atoms with Crippen molar-refractivity contribution < 1.29 is 9.53 Å². The van der Waals surface area contributed by atoms with Crippen molar-refractivity contribution in [2.75, 3.05) is 19.5 Å². The van der Waals surface area contributed by atoms with Gasteiger partial charge in [-0.3, -0.25) is 0 Å². The van der Waals surface area contributed by atoms with Crippen molar-refractivity contribution in [2.24, 2.45) is 0 Å². The number of hydrogen-bond donors (Lipinski definition) is 1. The molecule has 0 aliphatic rings. The van der Waals surface area contributed by atoms with Gasteiger partial charge in [0.25, 0.3) is 0 Å². The molecule has 0 saturated carbocycles. The van der Waals surface area contributed by atoms with E-state index in [1.807, 2.05) is 12.1 Å². The van der Waals surface area contributed by atoms with Crippen LogP contribution in [-0.2, 0) is 6.54 Å². The van der Waals surface area contributed by atoms with E-state index in [1.54, 1.807) is 37.4 Å². The van der Waals surface area contributed by atoms with Gasteiger partial charge in [0, 0.05) is 18.0 Å². The van der Waals surface area contributed by atoms with E-state index < -0.39 is 0 Å². The topological polar surface area (TPSA) is 54.5 Å². The second-order valence-corrected chi connectivity index (χ2v) is 5.88. The van der Waals surface area contributed by atoms with Crippen molar-refractivity contribution in [3.8, 4) is 5.88 Å². The highest BCUT2D eigenvalue weighted by atomic mass is 35.5. The molecule has 0 atom stereocenters. The van der Waals surface area contributed by atoms with Gasteiger partial charge < -0.3 is 15.0 Å². The average Bonchev–Trinajstić information content (AvgIpc) is 2.85. The summed E-state index contributed by atoms with van der Waals surface area (Å²) in [7, 11) is 3.26. The lowest BCUT2D eigenvalue weighted by atomic mass is 10.4. The number of hydrogen-bond acceptors (Lipinski definition) is 4. The molecule has 7 heteroatoms. The fourth-order valence-electron chi connectivity index (χ4n) is 1.54. The summed E-state index contributed by atoms with van der Waals surface area (Å²) >= 11 is 7.32. The summed E-state index contributed by atoms with van der Waals surface area (Å²) in [6, 6.07) is 6.95. The first-order valence-corrected chi connectivity index (χ1v) is 7.04. The Morgan fingerprint density at radius 2 is 2.25 bits per heavy atom. The largest absolute Gasteiger partial charge is 0.481 e. The van der Waals surface area contributed by atoms with Crippen molar-refractivity contribution in [3.63, 3.8) is 0 Å². The van der Waals surface area contributed by atoms with Gasteiger partial charge in [-0.15, -0.1) is 11.3 Å². The zero-order valence-corrected chi connectivity index (χ0v) is 12.7. The predicted octanol–water partition coefficient (Wildman–Crippen LogP) is 3.47. The molecule has 0 aromatic carbocycles. The second kappa shape index (κ2) is 6.58. The molecule has 0 aliphatic heterocycles. The molecule has 0 aliphatic carbocycles. The molecule has 0 unspecified atom stereocenters. The van der Waals surface area contributed by atoms with E-state index in [-0.39, 0.29) is 6.03 Å². The summed E-state index contributed by atoms with van der Waals surface area (Å²) in [5, 5.41) is 2.76. The van der Waals surface area contributed by atoms with Gasteiger partial charge >= 0.3 is 6.03 Å². The zero-order chi connectivity index (χ0) is 14.5. The molecule has 2 heterocycles. The number of halogens is 1. The van der Waals surface area contributed by atoms with E-state index in [4.69, 9.17) is 16.3 Å². The lowest BCUT2D eigenvalue weighted by Crippen LogP contribution is -2.30. The normalized spacial score (nSPS) is 10.2. The summed E-state index contributed by atoms with van der Waals surface area (Å²) in [6.45, 7) is 0.507. The van der Waals surface area contributed by atoms with Crippen LogP contribution in [0.3, 0.4) is 0 Å². The fraction of sp³-hybridized carbons (Fsp3) is 0.231. The van der Waals surface area contributed by atoms with Gasteiger partial charge in [-0.1, -0.05) is 11.6 Å². The Bertz CT molecular complexity index is 586. The summed E-state index contributed by atoms with van der Waals surface area (Å²) < 4.78 is 5.67. The Kier molecular flexibility index (Phi) is 4.81. The number of carbonyl (C=O) groups excluding carboxylic acids is 1. The first-order valence-electron chi connectivity index (χ1n) is 5.85. The predicted molar refractivity (Wildman–Crippen MR) is 80.6 cm³/mol. The van der Waals surface area contributed by atoms with Crippen LogP contribution in [0.5, 0.6) is 5.88 Å². The van der Waals surface area contributed by atoms with Crippen molar-refractivity contribution in [1.82, 2.24) is 9.88 Å². The molecule has 1 N–H and O–H groups in total. The third kappa shape index (κ3) is 3.85. The Morgan fingerprint density at radius 3 is 2.80 bits per heavy atom. The van der Waals surface area contributed by atoms with Crippen LogP contribution >= 0.6 is 22.9 Å². The number of amides is 2. The lowest BCUT2D eigenvalue weighted by Gasteiger charge is -2.17. The smallest absolute Gasteiger partial charge is 0.321 e. The first-order chi connectivity index (χ1) is 9.58. The summed E-state index contributed by atoms with van der Waals surface area (Å²) in [6.07, 6.45) is 1.55. The molecule has 0 bridgehead atoms. The minimum absolute atomic E-state index is 0.207. The monoisotopic (exact) mass is 311 g/mol. The van der Waals surface area contributed by atoms with E-state index in [9.17, 15) is 4.79 Å². The Hall–Kier alpha value is -1.79. The standard InChI is InChI=1S/C13H14ClN3O2S/c1-17(8-10-4-5-11(14)20-10)13(18)16-9-3-6-12(19-2)15-7-9/h3-7H,8H2,1-2H3,(H,16,18). The second-order valence-electron chi connectivity index (χ2n) is 4.08. The van der Waals surface area contributed by atoms with Crippen molar-refractivity contribution in [2.45, 2.75) is 6.54 Å². The molecule has 2 amide bonds. The summed E-state index contributed by atoms with van der Waals surface area (Å²) in [4.78, 5) is 18.6. The molecule has 5 nitrogen and oxygen atoms in total. The third-order valence-corrected chi connectivity index (χ3v) is 3.78. The minimum atomic E-state index is -0.207. The van der Waals surface area contributed by atoms with Gasteiger partial charge in [0.05, 0.1) is 29.9 Å². The van der Waals surface area contributed by atoms with Crippen LogP contribution < -0.4 is 10.1 Å². The van der Waals surface area contributed by atoms with E-state index in [0.717, 1.165) is 4.88 Å². The number of anilines is 1. The van der Waals surface area contributed by atoms with Crippen molar-refractivity contribution in [3.05, 3.63) is 39.7 Å². The molecule has 0 fully saturated rings. The summed E-state index contributed by atoms with van der Waals surface area (Å²) in [5.41, 5.74) is 0.617. The lowest BCUT2D eigenvalue weighted by molar-refractivity contribution is 0.221. The van der Waals surface area contributed by atoms with Gasteiger partial charge in [0.1, 0.15) is 0 Å². The van der Waals surface area contributed by atoms with Crippen LogP contribution in [0.2, 0.25) is 4.34 Å². The number of aromatic nitrogens is 1. The maximum Gasteiger partial charge on any atom is 0.321 e. The van der Waals surface area contributed by atoms with E-state index in [2.05, 4.69) is 10.3 Å². The number of ether oxygens (including phenoxy) is 1. The van der Waals surface area contributed by atoms with Crippen LogP contribution in [0.25, 0.3) is 0 Å². The van der Waals surface area contributed by atoms with Crippen LogP contribution in [0.15, 0.2) is 30.5 Å². The molecule has 20 heavy (non-hydrogen) atoms. The Labute approximate surface area is 126 Å². The van der Waals surface area contributed by atoms with Crippen molar-refractivity contribution in [1.29, 1.82) is 0 Å². The van der Waals surface area contributed by atoms with Gasteiger partial charge in [0.2, 0.25) is 5.88 Å². The highest BCUT2D eigenvalue weighted by Gasteiger charge is 2.11. The average molecular weight is 312 g/mol. The highest BCUT2D eigenvalue weighted by Crippen LogP contribution is 2.22. The van der Waals surface area contributed by atoms with Crippen LogP contribution in [0.4, 0.5) is 10.5 Å². The number of rotatable bonds is 4. The Balaban J connectivity index is 1.93. The number of pyridine rings is 1. The number of methoxy groups -OCH3 is 1. The minimum Gasteiger partial charge on any atom is -0.481 e. The maximum atomic E-state index is 12.0. The van der Waals surface area contributed by atoms with E-state index in [1.165, 1.54) is 11.3 Å². The van der Waals surface area contributed by atoms with E-state index in [0.29, 0.717) is 22.4 Å². The van der Waals surface area contributed by atoms with Gasteiger partial charge in [-0.05, 0) is 18.2 Å². The fourth-order valence-corrected chi connectivity index (χ4v) is 2.68. The third-order valence-electron chi connectivity index (χ3n) is 2.57. The molecule has 106 valence electrons. The number of nitrogens with one attached hydrogen (secondary N) is 1. The molecular formula is C13H14ClN3O2S. The van der Waals surface area contributed by atoms with Crippen molar-refractivity contribution >= 4 is 34.7 Å². The molecular weight excluding hydrogens is 298 g/mol. The van der Waals surface area contributed by atoms with Gasteiger partial charge in [-0.2, -0.15) is 0 Å². The number of thiophene rings is 1. The van der Waals surface area contributed by atoms with Gasteiger partial charge in [-0.25, -0.2) is 9.78 Å². The maximum absolute atomic E-state index is 12.0. The number of nitrogens with zero attached hydrogens (tertiary/aromatic N) is 2. The quantitative estimate of drug-likeness (QED) is 0.940. The van der Waals surface area contributed by atoms with Crippen LogP contribution in [-0.4, -0.2) is 30.1 Å². The first kappa shape index (κ1) is 14.6. The highest BCUT2D eigenvalue weighted by molar-refractivity contribution is 7.16. The summed E-state index contributed by atoms with van der Waals surface area (Å²) in [5.74, 6) is 0.504. The van der Waals surface area contributed by atoms with Crippen LogP contribution in [0, 0.1) is 0 Å². The molecule has 0 radical (unpaired) electrons. The molecule has 0 saturated heterocycles. The zero-order valence-electron chi connectivity index (χ0n) is 11.1. The SMILES string of the molecule is COc1ccc(NC(=O)N(C)Cc2ccc(Cl)s2)cn1. The number of carbonyl (C=O) groups is 1. The van der Waals surface area contributed by atoms with Gasteiger partial charge in [0.15, 0.2) is 0 Å². The number of urea groups is 1.